The summed E-state index contributed by atoms with van der Waals surface area (Å²) in [6, 6.07) is 3.08. The van der Waals surface area contributed by atoms with Gasteiger partial charge < -0.3 is 15.7 Å². The third-order valence-electron chi connectivity index (χ3n) is 2.75. The van der Waals surface area contributed by atoms with Gasteiger partial charge in [-0.05, 0) is 31.7 Å². The highest BCUT2D eigenvalue weighted by Crippen LogP contribution is 2.24. The molecule has 1 aromatic heterocycles. The molecule has 1 rings (SSSR count). The van der Waals surface area contributed by atoms with Crippen LogP contribution in [0.3, 0.4) is 0 Å². The van der Waals surface area contributed by atoms with E-state index in [9.17, 15) is 10.1 Å². The highest BCUT2D eigenvalue weighted by molar-refractivity contribution is 5.60. The normalized spacial score (nSPS) is 10.3. The molecule has 0 aliphatic heterocycles. The van der Waals surface area contributed by atoms with Crippen molar-refractivity contribution < 1.29 is 10.0 Å². The van der Waals surface area contributed by atoms with E-state index in [1.54, 1.807) is 6.07 Å². The van der Waals surface area contributed by atoms with Crippen LogP contribution in [-0.4, -0.2) is 34.7 Å². The summed E-state index contributed by atoms with van der Waals surface area (Å²) in [5.41, 5.74) is -0.0193. The van der Waals surface area contributed by atoms with E-state index in [1.807, 2.05) is 6.92 Å². The van der Waals surface area contributed by atoms with Crippen molar-refractivity contribution in [3.05, 3.63) is 22.2 Å². The van der Waals surface area contributed by atoms with Crippen LogP contribution in [0.5, 0.6) is 0 Å². The van der Waals surface area contributed by atoms with Gasteiger partial charge in [-0.2, -0.15) is 0 Å². The topological polar surface area (TPSA) is 100 Å². The maximum Gasteiger partial charge on any atom is 0.311 e. The first-order chi connectivity index (χ1) is 9.69. The number of pyridine rings is 1. The number of aliphatic hydroxyl groups excluding tert-OH is 1. The Balaban J connectivity index is 2.65. The fourth-order valence-corrected chi connectivity index (χ4v) is 1.70. The van der Waals surface area contributed by atoms with Crippen molar-refractivity contribution in [1.82, 2.24) is 4.98 Å². The van der Waals surface area contributed by atoms with E-state index in [0.29, 0.717) is 18.2 Å². The molecule has 0 amide bonds. The van der Waals surface area contributed by atoms with E-state index in [1.165, 1.54) is 6.07 Å². The van der Waals surface area contributed by atoms with E-state index >= 15 is 0 Å². The number of aliphatic hydroxyl groups is 1. The van der Waals surface area contributed by atoms with E-state index in [0.717, 1.165) is 32.2 Å². The third kappa shape index (κ3) is 5.40. The second-order valence-corrected chi connectivity index (χ2v) is 4.46. The summed E-state index contributed by atoms with van der Waals surface area (Å²) < 4.78 is 0. The van der Waals surface area contributed by atoms with Gasteiger partial charge >= 0.3 is 5.69 Å². The summed E-state index contributed by atoms with van der Waals surface area (Å²) in [5, 5.41) is 25.7. The molecule has 0 unspecified atom stereocenters. The summed E-state index contributed by atoms with van der Waals surface area (Å²) in [7, 11) is 0. The predicted molar refractivity (Wildman–Crippen MR) is 79.1 cm³/mol. The van der Waals surface area contributed by atoms with Crippen LogP contribution in [0.2, 0.25) is 0 Å². The molecule has 1 heterocycles. The van der Waals surface area contributed by atoms with Gasteiger partial charge in [0.15, 0.2) is 0 Å². The molecule has 112 valence electrons. The van der Waals surface area contributed by atoms with Crippen molar-refractivity contribution in [3.8, 4) is 0 Å². The van der Waals surface area contributed by atoms with Crippen LogP contribution in [0.25, 0.3) is 0 Å². The van der Waals surface area contributed by atoms with Gasteiger partial charge in [-0.25, -0.2) is 4.98 Å². The van der Waals surface area contributed by atoms with Crippen LogP contribution in [0, 0.1) is 10.1 Å². The average molecular weight is 282 g/mol. The zero-order valence-electron chi connectivity index (χ0n) is 11.8. The standard InChI is InChI=1S/C13H22N4O3/c1-2-8-14-12-7-6-11(17(19)20)13(16-12)15-9-4-3-5-10-18/h6-7,18H,2-5,8-10H2,1H3,(H2,14,15,16). The molecule has 7 heteroatoms. The first kappa shape index (κ1) is 16.2. The van der Waals surface area contributed by atoms with Crippen LogP contribution in [0.1, 0.15) is 32.6 Å². The molecule has 0 radical (unpaired) electrons. The molecular formula is C13H22N4O3. The van der Waals surface area contributed by atoms with Gasteiger partial charge in [0.2, 0.25) is 5.82 Å². The fraction of sp³-hybridized carbons (Fsp3) is 0.615. The van der Waals surface area contributed by atoms with Crippen LogP contribution >= 0.6 is 0 Å². The lowest BCUT2D eigenvalue weighted by Crippen LogP contribution is -2.09. The Morgan fingerprint density at radius 1 is 1.25 bits per heavy atom. The highest BCUT2D eigenvalue weighted by atomic mass is 16.6. The second kappa shape index (κ2) is 9.08. The molecule has 0 atom stereocenters. The molecule has 7 nitrogen and oxygen atoms in total. The van der Waals surface area contributed by atoms with E-state index in [2.05, 4.69) is 15.6 Å². The van der Waals surface area contributed by atoms with Gasteiger partial charge in [0.1, 0.15) is 5.82 Å². The van der Waals surface area contributed by atoms with Crippen molar-refractivity contribution in [2.75, 3.05) is 30.3 Å². The number of rotatable bonds is 10. The molecule has 0 aromatic carbocycles. The SMILES string of the molecule is CCCNc1ccc([N+](=O)[O-])c(NCCCCCO)n1. The maximum absolute atomic E-state index is 11.0. The Hall–Kier alpha value is -1.89. The van der Waals surface area contributed by atoms with Gasteiger partial charge in [-0.15, -0.1) is 0 Å². The zero-order valence-corrected chi connectivity index (χ0v) is 11.8. The van der Waals surface area contributed by atoms with Crippen molar-refractivity contribution in [3.63, 3.8) is 0 Å². The molecule has 3 N–H and O–H groups in total. The number of anilines is 2. The van der Waals surface area contributed by atoms with Crippen molar-refractivity contribution in [2.24, 2.45) is 0 Å². The summed E-state index contributed by atoms with van der Waals surface area (Å²) in [6.07, 6.45) is 3.43. The second-order valence-electron chi connectivity index (χ2n) is 4.46. The molecule has 0 saturated heterocycles. The molecule has 1 aromatic rings. The number of nitrogens with zero attached hydrogens (tertiary/aromatic N) is 2. The Morgan fingerprint density at radius 3 is 2.70 bits per heavy atom. The Morgan fingerprint density at radius 2 is 2.05 bits per heavy atom. The molecule has 0 spiro atoms. The largest absolute Gasteiger partial charge is 0.396 e. The smallest absolute Gasteiger partial charge is 0.311 e. The molecular weight excluding hydrogens is 260 g/mol. The lowest BCUT2D eigenvalue weighted by molar-refractivity contribution is -0.384. The highest BCUT2D eigenvalue weighted by Gasteiger charge is 2.15. The lowest BCUT2D eigenvalue weighted by Gasteiger charge is -2.09. The Bertz CT molecular complexity index is 426. The maximum atomic E-state index is 11.0. The molecule has 20 heavy (non-hydrogen) atoms. The van der Waals surface area contributed by atoms with E-state index in [-0.39, 0.29) is 12.3 Å². The van der Waals surface area contributed by atoms with Crippen LogP contribution in [-0.2, 0) is 0 Å². The minimum absolute atomic E-state index is 0.0193. The van der Waals surface area contributed by atoms with E-state index in [4.69, 9.17) is 5.11 Å². The average Bonchev–Trinajstić information content (AvgIpc) is 2.44. The van der Waals surface area contributed by atoms with Crippen LogP contribution in [0.4, 0.5) is 17.3 Å². The Kier molecular flexibility index (Phi) is 7.34. The van der Waals surface area contributed by atoms with Gasteiger partial charge in [-0.1, -0.05) is 6.92 Å². The number of nitro groups is 1. The van der Waals surface area contributed by atoms with E-state index < -0.39 is 4.92 Å². The van der Waals surface area contributed by atoms with Gasteiger partial charge in [-0.3, -0.25) is 10.1 Å². The molecule has 0 saturated carbocycles. The third-order valence-corrected chi connectivity index (χ3v) is 2.75. The number of aromatic nitrogens is 1. The summed E-state index contributed by atoms with van der Waals surface area (Å²) in [6.45, 7) is 3.60. The first-order valence-corrected chi connectivity index (χ1v) is 6.93. The van der Waals surface area contributed by atoms with Crippen LogP contribution < -0.4 is 10.6 Å². The van der Waals surface area contributed by atoms with Gasteiger partial charge in [0.05, 0.1) is 4.92 Å². The Labute approximate surface area is 118 Å². The number of hydrogen-bond acceptors (Lipinski definition) is 6. The fourth-order valence-electron chi connectivity index (χ4n) is 1.70. The van der Waals surface area contributed by atoms with Crippen molar-refractivity contribution in [1.29, 1.82) is 0 Å². The summed E-state index contributed by atoms with van der Waals surface area (Å²) in [4.78, 5) is 14.8. The number of unbranched alkanes of at least 4 members (excludes halogenated alkanes) is 2. The minimum Gasteiger partial charge on any atom is -0.396 e. The molecule has 0 aliphatic carbocycles. The molecule has 0 bridgehead atoms. The predicted octanol–water partition coefficient (Wildman–Crippen LogP) is 2.39. The number of hydrogen-bond donors (Lipinski definition) is 3. The molecule has 0 fully saturated rings. The lowest BCUT2D eigenvalue weighted by atomic mass is 10.2. The van der Waals surface area contributed by atoms with Crippen molar-refractivity contribution in [2.45, 2.75) is 32.6 Å². The monoisotopic (exact) mass is 282 g/mol. The minimum atomic E-state index is -0.438. The van der Waals surface area contributed by atoms with Crippen molar-refractivity contribution >= 4 is 17.3 Å². The van der Waals surface area contributed by atoms with Crippen LogP contribution in [0.15, 0.2) is 12.1 Å². The summed E-state index contributed by atoms with van der Waals surface area (Å²) in [5.74, 6) is 0.926. The summed E-state index contributed by atoms with van der Waals surface area (Å²) >= 11 is 0. The first-order valence-electron chi connectivity index (χ1n) is 6.93. The quantitative estimate of drug-likeness (QED) is 0.346. The molecule has 0 aliphatic rings. The van der Waals surface area contributed by atoms with Gasteiger partial charge in [0, 0.05) is 25.8 Å². The van der Waals surface area contributed by atoms with Gasteiger partial charge in [0.25, 0.3) is 0 Å². The zero-order chi connectivity index (χ0) is 14.8. The number of nitrogens with one attached hydrogen (secondary N) is 2.